The highest BCUT2D eigenvalue weighted by molar-refractivity contribution is 4.51. The Labute approximate surface area is 224 Å². The lowest BCUT2D eigenvalue weighted by Crippen LogP contribution is -3.00. The molecule has 0 aromatic heterocycles. The Morgan fingerprint density at radius 2 is 0.471 bits per heavy atom. The second-order valence-corrected chi connectivity index (χ2v) is 11.9. The number of halogens is 1. The lowest BCUT2D eigenvalue weighted by molar-refractivity contribution is -0.890. The van der Waals surface area contributed by atoms with Crippen LogP contribution >= 0.6 is 0 Å². The number of hydrogen-bond acceptors (Lipinski definition) is 0. The summed E-state index contributed by atoms with van der Waals surface area (Å²) < 4.78 is 1.25. The van der Waals surface area contributed by atoms with Crippen molar-refractivity contribution in [3.8, 4) is 0 Å². The highest BCUT2D eigenvalue weighted by atomic mass is 35.5. The summed E-state index contributed by atoms with van der Waals surface area (Å²) in [5, 5.41) is 0. The van der Waals surface area contributed by atoms with E-state index in [4.69, 9.17) is 0 Å². The average Bonchev–Trinajstić information content (AvgIpc) is 2.80. The van der Waals surface area contributed by atoms with E-state index in [1.54, 1.807) is 0 Å². The Morgan fingerprint density at radius 1 is 0.294 bits per heavy atom. The van der Waals surface area contributed by atoms with Crippen molar-refractivity contribution in [1.82, 2.24) is 0 Å². The number of nitrogens with zero attached hydrogens (tertiary/aromatic N) is 1. The number of hydrogen-bond donors (Lipinski definition) is 0. The van der Waals surface area contributed by atoms with Crippen LogP contribution in [0, 0.1) is 0 Å². The van der Waals surface area contributed by atoms with E-state index in [1.165, 1.54) is 185 Å². The summed E-state index contributed by atoms with van der Waals surface area (Å²) in [6, 6.07) is 0. The molecule has 0 rings (SSSR count). The number of unbranched alkanes of at least 4 members (excludes halogenated alkanes) is 24. The summed E-state index contributed by atoms with van der Waals surface area (Å²) >= 11 is 0. The first-order valence-electron chi connectivity index (χ1n) is 15.9. The van der Waals surface area contributed by atoms with Crippen molar-refractivity contribution >= 4 is 0 Å². The fraction of sp³-hybridized carbons (Fsp3) is 1.00. The summed E-state index contributed by atoms with van der Waals surface area (Å²) in [7, 11) is 4.91. The lowest BCUT2D eigenvalue weighted by Gasteiger charge is -2.30. The maximum atomic E-state index is 2.46. The van der Waals surface area contributed by atoms with Gasteiger partial charge in [0.25, 0.3) is 0 Å². The molecule has 0 aromatic carbocycles. The van der Waals surface area contributed by atoms with Crippen molar-refractivity contribution < 1.29 is 16.9 Å². The third-order valence-electron chi connectivity index (χ3n) is 7.73. The standard InChI is InChI=1S/C32H68N.ClH/c1-5-7-9-11-13-15-17-18-19-20-21-22-24-26-28-30-32-33(3,4)31-29-27-25-23-16-14-12-10-8-6-2;/h5-32H2,1-4H3;1H/q+1;/p-1. The van der Waals surface area contributed by atoms with E-state index in [0.29, 0.717) is 0 Å². The Kier molecular flexibility index (Phi) is 31.6. The molecule has 0 saturated heterocycles. The monoisotopic (exact) mass is 502 g/mol. The van der Waals surface area contributed by atoms with Gasteiger partial charge in [-0.25, -0.2) is 0 Å². The maximum Gasteiger partial charge on any atom is 0.0782 e. The quantitative estimate of drug-likeness (QED) is 0.0747. The van der Waals surface area contributed by atoms with Crippen LogP contribution < -0.4 is 12.4 Å². The first-order valence-corrected chi connectivity index (χ1v) is 15.9. The van der Waals surface area contributed by atoms with Crippen LogP contribution in [-0.4, -0.2) is 31.7 Å². The average molecular weight is 502 g/mol. The molecule has 34 heavy (non-hydrogen) atoms. The van der Waals surface area contributed by atoms with E-state index >= 15 is 0 Å². The van der Waals surface area contributed by atoms with Gasteiger partial charge in [-0.2, -0.15) is 0 Å². The van der Waals surface area contributed by atoms with Gasteiger partial charge >= 0.3 is 0 Å². The van der Waals surface area contributed by atoms with Gasteiger partial charge in [0.15, 0.2) is 0 Å². The Hall–Kier alpha value is 0.250. The largest absolute Gasteiger partial charge is 1.00 e. The third kappa shape index (κ3) is 30.3. The number of rotatable bonds is 28. The van der Waals surface area contributed by atoms with Crippen molar-refractivity contribution in [3.05, 3.63) is 0 Å². The molecule has 0 saturated carbocycles. The lowest BCUT2D eigenvalue weighted by atomic mass is 10.0. The summed E-state index contributed by atoms with van der Waals surface area (Å²) in [6.07, 6.45) is 38.0. The topological polar surface area (TPSA) is 0 Å². The molecule has 2 heteroatoms. The van der Waals surface area contributed by atoms with Gasteiger partial charge in [-0.15, -0.1) is 0 Å². The van der Waals surface area contributed by atoms with Crippen LogP contribution in [0.4, 0.5) is 0 Å². The highest BCUT2D eigenvalue weighted by Crippen LogP contribution is 2.15. The van der Waals surface area contributed by atoms with Gasteiger partial charge in [-0.3, -0.25) is 0 Å². The predicted octanol–water partition coefficient (Wildman–Crippen LogP) is 8.25. The second-order valence-electron chi connectivity index (χ2n) is 11.9. The van der Waals surface area contributed by atoms with E-state index in [1.807, 2.05) is 0 Å². The van der Waals surface area contributed by atoms with Crippen LogP contribution in [0.5, 0.6) is 0 Å². The smallest absolute Gasteiger partial charge is 0.0782 e. The molecule has 0 aliphatic heterocycles. The van der Waals surface area contributed by atoms with Gasteiger partial charge in [0.05, 0.1) is 27.2 Å². The van der Waals surface area contributed by atoms with Crippen molar-refractivity contribution in [2.45, 2.75) is 181 Å². The summed E-state index contributed by atoms with van der Waals surface area (Å²) in [5.74, 6) is 0. The molecule has 0 heterocycles. The van der Waals surface area contributed by atoms with Crippen LogP contribution in [0.3, 0.4) is 0 Å². The van der Waals surface area contributed by atoms with Gasteiger partial charge in [0, 0.05) is 0 Å². The molecule has 0 atom stereocenters. The summed E-state index contributed by atoms with van der Waals surface area (Å²) in [6.45, 7) is 7.38. The van der Waals surface area contributed by atoms with E-state index in [-0.39, 0.29) is 12.4 Å². The minimum absolute atomic E-state index is 0. The van der Waals surface area contributed by atoms with Gasteiger partial charge in [0.1, 0.15) is 0 Å². The zero-order chi connectivity index (χ0) is 24.3. The molecule has 0 bridgehead atoms. The zero-order valence-corrected chi connectivity index (χ0v) is 25.4. The van der Waals surface area contributed by atoms with Crippen LogP contribution in [0.15, 0.2) is 0 Å². The van der Waals surface area contributed by atoms with Crippen molar-refractivity contribution in [2.75, 3.05) is 27.2 Å². The van der Waals surface area contributed by atoms with Gasteiger partial charge in [-0.05, 0) is 25.7 Å². The Balaban J connectivity index is 0. The molecule has 1 nitrogen and oxygen atoms in total. The van der Waals surface area contributed by atoms with Gasteiger partial charge in [-0.1, -0.05) is 155 Å². The minimum Gasteiger partial charge on any atom is -1.00 e. The fourth-order valence-corrected chi connectivity index (χ4v) is 5.23. The number of quaternary nitrogens is 1. The molecule has 0 fully saturated rings. The van der Waals surface area contributed by atoms with Crippen molar-refractivity contribution in [1.29, 1.82) is 0 Å². The Morgan fingerprint density at radius 3 is 0.676 bits per heavy atom. The van der Waals surface area contributed by atoms with E-state index in [0.717, 1.165) is 0 Å². The molecule has 0 aromatic rings. The molecule has 0 aliphatic rings. The molecule has 208 valence electrons. The molecule has 0 N–H and O–H groups in total. The van der Waals surface area contributed by atoms with Crippen molar-refractivity contribution in [3.63, 3.8) is 0 Å². The summed E-state index contributed by atoms with van der Waals surface area (Å²) in [5.41, 5.74) is 0. The van der Waals surface area contributed by atoms with Crippen LogP contribution in [0.2, 0.25) is 0 Å². The minimum atomic E-state index is 0. The van der Waals surface area contributed by atoms with Crippen LogP contribution in [0.25, 0.3) is 0 Å². The SMILES string of the molecule is CCCCCCCCCCCCCCCCCC[N+](C)(C)CCCCCCCCCCCC.[Cl-]. The molecule has 0 radical (unpaired) electrons. The Bertz CT molecular complexity index is 355. The second kappa shape index (κ2) is 29.5. The first kappa shape index (κ1) is 36.4. The molecular weight excluding hydrogens is 434 g/mol. The molecular formula is C32H68ClN. The maximum absolute atomic E-state index is 2.46. The fourth-order valence-electron chi connectivity index (χ4n) is 5.23. The van der Waals surface area contributed by atoms with Gasteiger partial charge in [0.2, 0.25) is 0 Å². The van der Waals surface area contributed by atoms with Crippen LogP contribution in [0.1, 0.15) is 181 Å². The normalized spacial score (nSPS) is 11.6. The summed E-state index contributed by atoms with van der Waals surface area (Å²) in [4.78, 5) is 0. The first-order chi connectivity index (χ1) is 16.1. The van der Waals surface area contributed by atoms with Crippen molar-refractivity contribution in [2.24, 2.45) is 0 Å². The van der Waals surface area contributed by atoms with Gasteiger partial charge < -0.3 is 16.9 Å². The third-order valence-corrected chi connectivity index (χ3v) is 7.73. The van der Waals surface area contributed by atoms with Crippen LogP contribution in [-0.2, 0) is 0 Å². The van der Waals surface area contributed by atoms with E-state index < -0.39 is 0 Å². The molecule has 0 aliphatic carbocycles. The molecule has 0 unspecified atom stereocenters. The zero-order valence-electron chi connectivity index (χ0n) is 24.6. The molecule has 0 amide bonds. The predicted molar refractivity (Wildman–Crippen MR) is 153 cm³/mol. The van der Waals surface area contributed by atoms with E-state index in [2.05, 4.69) is 27.9 Å². The molecule has 0 spiro atoms. The highest BCUT2D eigenvalue weighted by Gasteiger charge is 2.13. The van der Waals surface area contributed by atoms with E-state index in [9.17, 15) is 0 Å².